The molecule has 3 aliphatic rings. The molecule has 0 saturated carbocycles. The third-order valence-electron chi connectivity index (χ3n) is 8.19. The highest BCUT2D eigenvalue weighted by atomic mass is 19.1. The lowest BCUT2D eigenvalue weighted by molar-refractivity contribution is -0.133. The molecule has 0 spiro atoms. The Balaban J connectivity index is 1.09. The molecule has 1 amide bonds. The van der Waals surface area contributed by atoms with Crippen LogP contribution in [0.5, 0.6) is 0 Å². The minimum Gasteiger partial charge on any atom is -0.356 e. The van der Waals surface area contributed by atoms with Crippen LogP contribution in [0.15, 0.2) is 40.9 Å². The molecule has 3 aromatic rings. The molecule has 6 nitrogen and oxygen atoms in total. The predicted octanol–water partition coefficient (Wildman–Crippen LogP) is 4.65. The molecule has 0 bridgehead atoms. The third kappa shape index (κ3) is 3.96. The van der Waals surface area contributed by atoms with Crippen LogP contribution < -0.4 is 4.90 Å². The van der Waals surface area contributed by atoms with Crippen LogP contribution in [0.4, 0.5) is 10.1 Å². The molecule has 35 heavy (non-hydrogen) atoms. The van der Waals surface area contributed by atoms with E-state index in [9.17, 15) is 14.0 Å². The Kier molecular flexibility index (Phi) is 5.67. The van der Waals surface area contributed by atoms with Crippen LogP contribution in [0.2, 0.25) is 0 Å². The average Bonchev–Trinajstić information content (AvgIpc) is 3.50. The first-order chi connectivity index (χ1) is 17.0. The van der Waals surface area contributed by atoms with Crippen LogP contribution in [-0.2, 0) is 22.4 Å². The van der Waals surface area contributed by atoms with E-state index in [0.29, 0.717) is 25.0 Å². The molecule has 1 fully saturated rings. The molecule has 0 aliphatic carbocycles. The van der Waals surface area contributed by atoms with Gasteiger partial charge in [0.1, 0.15) is 17.5 Å². The number of halogens is 1. The maximum absolute atomic E-state index is 13.5. The number of amides is 1. The molecule has 3 unspecified atom stereocenters. The number of carbonyl (C=O) groups is 2. The Morgan fingerprint density at radius 1 is 1.23 bits per heavy atom. The molecule has 3 aliphatic heterocycles. The fourth-order valence-corrected chi connectivity index (χ4v) is 6.23. The largest absolute Gasteiger partial charge is 0.356 e. The first-order valence-electron chi connectivity index (χ1n) is 12.7. The monoisotopic (exact) mass is 475 g/mol. The Labute approximate surface area is 204 Å². The van der Waals surface area contributed by atoms with Crippen molar-refractivity contribution in [2.24, 2.45) is 5.92 Å². The summed E-state index contributed by atoms with van der Waals surface area (Å²) in [6.07, 6.45) is 4.58. The molecular formula is C28H30FN3O3. The van der Waals surface area contributed by atoms with Gasteiger partial charge in [-0.2, -0.15) is 0 Å². The van der Waals surface area contributed by atoms with Crippen LogP contribution in [0.3, 0.4) is 0 Å². The second-order valence-electron chi connectivity index (χ2n) is 10.3. The number of carbonyl (C=O) groups excluding carboxylic acids is 2. The number of nitrogens with zero attached hydrogens (tertiary/aromatic N) is 3. The van der Waals surface area contributed by atoms with Gasteiger partial charge in [-0.3, -0.25) is 14.5 Å². The van der Waals surface area contributed by atoms with Crippen LogP contribution >= 0.6 is 0 Å². The number of anilines is 1. The second-order valence-corrected chi connectivity index (χ2v) is 10.3. The highest BCUT2D eigenvalue weighted by Gasteiger charge is 2.40. The van der Waals surface area contributed by atoms with Crippen molar-refractivity contribution in [1.82, 2.24) is 10.1 Å². The normalized spacial score (nSPS) is 23.0. The van der Waals surface area contributed by atoms with E-state index in [4.69, 9.17) is 4.52 Å². The zero-order valence-electron chi connectivity index (χ0n) is 20.0. The third-order valence-corrected chi connectivity index (χ3v) is 8.19. The van der Waals surface area contributed by atoms with E-state index < -0.39 is 5.92 Å². The van der Waals surface area contributed by atoms with Crippen molar-refractivity contribution in [3.63, 3.8) is 0 Å². The van der Waals surface area contributed by atoms with Gasteiger partial charge in [0.05, 0.1) is 11.4 Å². The number of piperidine rings is 1. The smallest absolute Gasteiger partial charge is 0.237 e. The van der Waals surface area contributed by atoms with E-state index in [1.807, 2.05) is 11.0 Å². The number of para-hydroxylation sites is 1. The molecule has 4 heterocycles. The highest BCUT2D eigenvalue weighted by Crippen LogP contribution is 2.39. The van der Waals surface area contributed by atoms with Gasteiger partial charge in [0, 0.05) is 42.9 Å². The Morgan fingerprint density at radius 3 is 2.97 bits per heavy atom. The average molecular weight is 476 g/mol. The van der Waals surface area contributed by atoms with Crippen molar-refractivity contribution >= 4 is 28.3 Å². The summed E-state index contributed by atoms with van der Waals surface area (Å²) in [4.78, 5) is 30.5. The fourth-order valence-electron chi connectivity index (χ4n) is 6.23. The molecule has 1 saturated heterocycles. The van der Waals surface area contributed by atoms with E-state index in [1.165, 1.54) is 17.7 Å². The number of hydrogen-bond donors (Lipinski definition) is 0. The minimum absolute atomic E-state index is 0.0208. The summed E-state index contributed by atoms with van der Waals surface area (Å²) in [6.45, 7) is 4.66. The van der Waals surface area contributed by atoms with Gasteiger partial charge >= 0.3 is 0 Å². The fraction of sp³-hybridized carbons (Fsp3) is 0.464. The molecule has 0 N–H and O–H groups in total. The zero-order chi connectivity index (χ0) is 24.1. The molecule has 6 rings (SSSR count). The zero-order valence-corrected chi connectivity index (χ0v) is 20.0. The van der Waals surface area contributed by atoms with E-state index in [1.54, 1.807) is 6.07 Å². The lowest BCUT2D eigenvalue weighted by Gasteiger charge is -2.36. The number of likely N-dealkylation sites (tertiary alicyclic amines) is 1. The van der Waals surface area contributed by atoms with E-state index in [-0.39, 0.29) is 29.5 Å². The van der Waals surface area contributed by atoms with Crippen molar-refractivity contribution in [2.75, 3.05) is 24.5 Å². The summed E-state index contributed by atoms with van der Waals surface area (Å²) >= 11 is 0. The molecule has 1 aromatic heterocycles. The SMILES string of the molecule is CC(CCC(=O)C1Cc2cccc3c2N(CC3)C1=O)N1CCCC(c2noc3cc(F)ccc23)C1. The van der Waals surface area contributed by atoms with Crippen molar-refractivity contribution in [3.05, 3.63) is 59.0 Å². The molecule has 182 valence electrons. The van der Waals surface area contributed by atoms with Gasteiger partial charge in [-0.25, -0.2) is 4.39 Å². The number of ketones is 1. The summed E-state index contributed by atoms with van der Waals surface area (Å²) < 4.78 is 18.9. The van der Waals surface area contributed by atoms with Gasteiger partial charge in [0.25, 0.3) is 0 Å². The Morgan fingerprint density at radius 2 is 2.09 bits per heavy atom. The standard InChI is InChI=1S/C28H30FN3O3/c1-17(31-12-3-6-20(16-31)26-22-9-8-21(29)15-25(22)35-30-26)7-10-24(33)23-14-19-5-2-4-18-11-13-32(27(18)19)28(23)34/h2,4-5,8-9,15,17,20,23H,3,6-7,10-14,16H2,1H3. The molecule has 0 radical (unpaired) electrons. The summed E-state index contributed by atoms with van der Waals surface area (Å²) in [6, 6.07) is 11.0. The van der Waals surface area contributed by atoms with Crippen LogP contribution in [0, 0.1) is 11.7 Å². The molecule has 7 heteroatoms. The topological polar surface area (TPSA) is 66.7 Å². The van der Waals surface area contributed by atoms with Gasteiger partial charge in [-0.15, -0.1) is 0 Å². The lowest BCUT2D eigenvalue weighted by atomic mass is 9.86. The maximum atomic E-state index is 13.5. The van der Waals surface area contributed by atoms with Gasteiger partial charge in [-0.1, -0.05) is 23.4 Å². The minimum atomic E-state index is -0.556. The lowest BCUT2D eigenvalue weighted by Crippen LogP contribution is -2.44. The summed E-state index contributed by atoms with van der Waals surface area (Å²) in [5.74, 6) is -0.627. The maximum Gasteiger partial charge on any atom is 0.237 e. The van der Waals surface area contributed by atoms with Crippen molar-refractivity contribution in [1.29, 1.82) is 0 Å². The van der Waals surface area contributed by atoms with E-state index in [0.717, 1.165) is 61.1 Å². The van der Waals surface area contributed by atoms with Gasteiger partial charge < -0.3 is 9.42 Å². The van der Waals surface area contributed by atoms with Gasteiger partial charge in [0.15, 0.2) is 5.58 Å². The summed E-state index contributed by atoms with van der Waals surface area (Å²) in [5.41, 5.74) is 4.78. The highest BCUT2D eigenvalue weighted by molar-refractivity contribution is 6.11. The first kappa shape index (κ1) is 22.4. The number of fused-ring (bicyclic) bond motifs is 1. The van der Waals surface area contributed by atoms with Gasteiger partial charge in [-0.05, 0) is 68.8 Å². The van der Waals surface area contributed by atoms with Crippen molar-refractivity contribution < 1.29 is 18.5 Å². The van der Waals surface area contributed by atoms with Crippen molar-refractivity contribution in [2.45, 2.75) is 57.4 Å². The summed E-state index contributed by atoms with van der Waals surface area (Å²) in [5, 5.41) is 5.15. The van der Waals surface area contributed by atoms with Crippen molar-refractivity contribution in [3.8, 4) is 0 Å². The Bertz CT molecular complexity index is 1300. The quantitative estimate of drug-likeness (QED) is 0.486. The van der Waals surface area contributed by atoms with E-state index >= 15 is 0 Å². The number of rotatable bonds is 6. The molecule has 3 atom stereocenters. The molecular weight excluding hydrogens is 445 g/mol. The van der Waals surface area contributed by atoms with E-state index in [2.05, 4.69) is 29.1 Å². The number of hydrogen-bond acceptors (Lipinski definition) is 5. The number of benzene rings is 2. The summed E-state index contributed by atoms with van der Waals surface area (Å²) in [7, 11) is 0. The predicted molar refractivity (Wildman–Crippen MR) is 131 cm³/mol. The Hall–Kier alpha value is -3.06. The number of Topliss-reactive ketones (excluding diaryl/α,β-unsaturated/α-hetero) is 1. The first-order valence-corrected chi connectivity index (χ1v) is 12.7. The number of aromatic nitrogens is 1. The van der Waals surface area contributed by atoms with Crippen LogP contribution in [0.25, 0.3) is 11.0 Å². The van der Waals surface area contributed by atoms with Crippen LogP contribution in [0.1, 0.15) is 55.3 Å². The van der Waals surface area contributed by atoms with Gasteiger partial charge in [0.2, 0.25) is 5.91 Å². The van der Waals surface area contributed by atoms with Crippen LogP contribution in [-0.4, -0.2) is 47.4 Å². The second kappa shape index (κ2) is 8.86. The molecule has 2 aromatic carbocycles.